The number of halogens is 1. The molecule has 0 spiro atoms. The van der Waals surface area contributed by atoms with Gasteiger partial charge in [0.05, 0.1) is 0 Å². The van der Waals surface area contributed by atoms with Gasteiger partial charge in [-0.2, -0.15) is 0 Å². The zero-order valence-electron chi connectivity index (χ0n) is 9.13. The average molecular weight is 243 g/mol. The van der Waals surface area contributed by atoms with E-state index < -0.39 is 6.09 Å². The number of nitrogens with two attached hydrogens (primary N) is 1. The van der Waals surface area contributed by atoms with Crippen LogP contribution in [0.3, 0.4) is 0 Å². The van der Waals surface area contributed by atoms with Crippen molar-refractivity contribution in [2.75, 3.05) is 13.1 Å². The Kier molecular flexibility index (Phi) is 5.08. The molecule has 5 heteroatoms. The highest BCUT2D eigenvalue weighted by molar-refractivity contribution is 6.31. The molecule has 1 aromatic carbocycles. The number of benzene rings is 1. The van der Waals surface area contributed by atoms with E-state index in [9.17, 15) is 4.79 Å². The predicted molar refractivity (Wildman–Crippen MR) is 63.9 cm³/mol. The second kappa shape index (κ2) is 6.35. The number of carbonyl (C=O) groups is 1. The number of amides is 1. The van der Waals surface area contributed by atoms with Gasteiger partial charge >= 0.3 is 6.09 Å². The SMILES string of the molecule is Cc1cc(OC(=O)NCCCN)ccc1Cl. The lowest BCUT2D eigenvalue weighted by atomic mass is 10.2. The molecule has 1 aromatic rings. The molecule has 0 radical (unpaired) electrons. The fraction of sp³-hybridized carbons (Fsp3) is 0.364. The van der Waals surface area contributed by atoms with Crippen LogP contribution in [0.4, 0.5) is 4.79 Å². The summed E-state index contributed by atoms with van der Waals surface area (Å²) in [7, 11) is 0. The fourth-order valence-corrected chi connectivity index (χ4v) is 1.23. The summed E-state index contributed by atoms with van der Waals surface area (Å²) in [6.07, 6.45) is 0.254. The van der Waals surface area contributed by atoms with Crippen molar-refractivity contribution >= 4 is 17.7 Å². The summed E-state index contributed by atoms with van der Waals surface area (Å²) < 4.78 is 5.05. The molecule has 0 unspecified atom stereocenters. The second-order valence-corrected chi connectivity index (χ2v) is 3.78. The topological polar surface area (TPSA) is 64.3 Å². The highest BCUT2D eigenvalue weighted by atomic mass is 35.5. The van der Waals surface area contributed by atoms with Crippen LogP contribution in [-0.4, -0.2) is 19.2 Å². The Bertz CT molecular complexity index is 369. The maximum Gasteiger partial charge on any atom is 0.412 e. The van der Waals surface area contributed by atoms with Crippen molar-refractivity contribution in [2.24, 2.45) is 5.73 Å². The molecule has 0 atom stereocenters. The van der Waals surface area contributed by atoms with Crippen molar-refractivity contribution in [1.29, 1.82) is 0 Å². The number of nitrogens with one attached hydrogen (secondary N) is 1. The molecule has 4 nitrogen and oxygen atoms in total. The number of rotatable bonds is 4. The molecular formula is C11H15ClN2O2. The smallest absolute Gasteiger partial charge is 0.410 e. The van der Waals surface area contributed by atoms with Gasteiger partial charge in [-0.15, -0.1) is 0 Å². The highest BCUT2D eigenvalue weighted by Gasteiger charge is 2.04. The standard InChI is InChI=1S/C11H15ClN2O2/c1-8-7-9(3-4-10(8)12)16-11(15)14-6-2-5-13/h3-4,7H,2,5-6,13H2,1H3,(H,14,15). The number of carbonyl (C=O) groups excluding carboxylic acids is 1. The quantitative estimate of drug-likeness (QED) is 0.795. The Labute approximate surface area is 99.7 Å². The van der Waals surface area contributed by atoms with Crippen LogP contribution < -0.4 is 15.8 Å². The predicted octanol–water partition coefficient (Wildman–Crippen LogP) is 2.09. The van der Waals surface area contributed by atoms with Gasteiger partial charge in [0.15, 0.2) is 0 Å². The molecular weight excluding hydrogens is 228 g/mol. The van der Waals surface area contributed by atoms with Crippen LogP contribution in [-0.2, 0) is 0 Å². The first kappa shape index (κ1) is 12.8. The van der Waals surface area contributed by atoms with Gasteiger partial charge < -0.3 is 15.8 Å². The van der Waals surface area contributed by atoms with Crippen molar-refractivity contribution < 1.29 is 9.53 Å². The third-order valence-corrected chi connectivity index (χ3v) is 2.41. The molecule has 1 rings (SSSR count). The second-order valence-electron chi connectivity index (χ2n) is 3.37. The van der Waals surface area contributed by atoms with E-state index in [2.05, 4.69) is 5.32 Å². The van der Waals surface area contributed by atoms with Crippen molar-refractivity contribution in [3.8, 4) is 5.75 Å². The first-order chi connectivity index (χ1) is 7.63. The van der Waals surface area contributed by atoms with E-state index in [0.717, 1.165) is 12.0 Å². The molecule has 0 aliphatic carbocycles. The first-order valence-electron chi connectivity index (χ1n) is 5.05. The Morgan fingerprint density at radius 3 is 2.94 bits per heavy atom. The molecule has 0 aliphatic heterocycles. The Morgan fingerprint density at radius 2 is 2.31 bits per heavy atom. The van der Waals surface area contributed by atoms with Gasteiger partial charge in [0.1, 0.15) is 5.75 Å². The van der Waals surface area contributed by atoms with E-state index in [-0.39, 0.29) is 0 Å². The van der Waals surface area contributed by atoms with Crippen LogP contribution in [0, 0.1) is 6.92 Å². The Balaban J connectivity index is 2.46. The minimum absolute atomic E-state index is 0.477. The zero-order chi connectivity index (χ0) is 12.0. The maximum absolute atomic E-state index is 11.3. The number of aryl methyl sites for hydroxylation is 1. The Hall–Kier alpha value is -1.26. The summed E-state index contributed by atoms with van der Waals surface area (Å²) in [5, 5.41) is 3.24. The van der Waals surface area contributed by atoms with Gasteiger partial charge in [-0.25, -0.2) is 4.79 Å². The molecule has 0 bridgehead atoms. The van der Waals surface area contributed by atoms with Gasteiger partial charge in [0, 0.05) is 11.6 Å². The summed E-state index contributed by atoms with van der Waals surface area (Å²) in [6, 6.07) is 5.06. The van der Waals surface area contributed by atoms with Crippen molar-refractivity contribution in [2.45, 2.75) is 13.3 Å². The third-order valence-electron chi connectivity index (χ3n) is 1.99. The van der Waals surface area contributed by atoms with Crippen molar-refractivity contribution in [3.05, 3.63) is 28.8 Å². The summed E-state index contributed by atoms with van der Waals surface area (Å²) in [5.74, 6) is 0.479. The molecule has 0 saturated carbocycles. The van der Waals surface area contributed by atoms with Crippen LogP contribution >= 0.6 is 11.6 Å². The third kappa shape index (κ3) is 4.08. The lowest BCUT2D eigenvalue weighted by Gasteiger charge is -2.07. The number of hydrogen-bond acceptors (Lipinski definition) is 3. The molecule has 1 amide bonds. The molecule has 0 heterocycles. The largest absolute Gasteiger partial charge is 0.412 e. The van der Waals surface area contributed by atoms with Gasteiger partial charge in [-0.05, 0) is 43.7 Å². The molecule has 0 saturated heterocycles. The zero-order valence-corrected chi connectivity index (χ0v) is 9.88. The van der Waals surface area contributed by atoms with Gasteiger partial charge in [0.25, 0.3) is 0 Å². The van der Waals surface area contributed by atoms with E-state index in [1.807, 2.05) is 6.92 Å². The van der Waals surface area contributed by atoms with E-state index in [1.54, 1.807) is 18.2 Å². The van der Waals surface area contributed by atoms with Crippen LogP contribution in [0.25, 0.3) is 0 Å². The van der Waals surface area contributed by atoms with Crippen molar-refractivity contribution in [3.63, 3.8) is 0 Å². The normalized spacial score (nSPS) is 9.94. The van der Waals surface area contributed by atoms with Crippen molar-refractivity contribution in [1.82, 2.24) is 5.32 Å². The highest BCUT2D eigenvalue weighted by Crippen LogP contribution is 2.20. The van der Waals surface area contributed by atoms with Gasteiger partial charge in [-0.1, -0.05) is 11.6 Å². The monoisotopic (exact) mass is 242 g/mol. The summed E-state index contributed by atoms with van der Waals surface area (Å²) in [4.78, 5) is 11.3. The molecule has 0 aromatic heterocycles. The maximum atomic E-state index is 11.3. The van der Waals surface area contributed by atoms with Gasteiger partial charge in [0.2, 0.25) is 0 Å². The van der Waals surface area contributed by atoms with Crippen LogP contribution in [0.5, 0.6) is 5.75 Å². The summed E-state index contributed by atoms with van der Waals surface area (Å²) in [6.45, 7) is 2.91. The number of hydrogen-bond donors (Lipinski definition) is 2. The van der Waals surface area contributed by atoms with E-state index in [4.69, 9.17) is 22.1 Å². The molecule has 0 fully saturated rings. The molecule has 88 valence electrons. The lowest BCUT2D eigenvalue weighted by molar-refractivity contribution is 0.200. The van der Waals surface area contributed by atoms with E-state index in [0.29, 0.717) is 23.9 Å². The summed E-state index contributed by atoms with van der Waals surface area (Å²) in [5.41, 5.74) is 6.17. The lowest BCUT2D eigenvalue weighted by Crippen LogP contribution is -2.28. The van der Waals surface area contributed by atoms with Crippen LogP contribution in [0.15, 0.2) is 18.2 Å². The summed E-state index contributed by atoms with van der Waals surface area (Å²) >= 11 is 5.85. The molecule has 16 heavy (non-hydrogen) atoms. The minimum atomic E-state index is -0.477. The van der Waals surface area contributed by atoms with Crippen LogP contribution in [0.2, 0.25) is 5.02 Å². The fourth-order valence-electron chi connectivity index (χ4n) is 1.12. The van der Waals surface area contributed by atoms with E-state index >= 15 is 0 Å². The first-order valence-corrected chi connectivity index (χ1v) is 5.43. The van der Waals surface area contributed by atoms with Crippen LogP contribution in [0.1, 0.15) is 12.0 Å². The molecule has 0 aliphatic rings. The Morgan fingerprint density at radius 1 is 1.56 bits per heavy atom. The van der Waals surface area contributed by atoms with E-state index in [1.165, 1.54) is 0 Å². The average Bonchev–Trinajstić information content (AvgIpc) is 2.24. The molecule has 3 N–H and O–H groups in total. The van der Waals surface area contributed by atoms with Gasteiger partial charge in [-0.3, -0.25) is 0 Å². The minimum Gasteiger partial charge on any atom is -0.410 e. The number of ether oxygens (including phenoxy) is 1.